The summed E-state index contributed by atoms with van der Waals surface area (Å²) in [7, 11) is 0. The highest BCUT2D eigenvalue weighted by molar-refractivity contribution is 6.33. The smallest absolute Gasteiger partial charge is 0.255 e. The number of nitrogens with zero attached hydrogens (tertiary/aromatic N) is 2. The summed E-state index contributed by atoms with van der Waals surface area (Å²) in [6.07, 6.45) is 2.01. The number of piperazine rings is 1. The third kappa shape index (κ3) is 3.59. The maximum absolute atomic E-state index is 13.1. The molecule has 1 aromatic carbocycles. The van der Waals surface area contributed by atoms with Crippen molar-refractivity contribution in [3.05, 3.63) is 34.6 Å². The van der Waals surface area contributed by atoms with E-state index in [1.165, 1.54) is 12.1 Å². The van der Waals surface area contributed by atoms with Crippen molar-refractivity contribution in [3.8, 4) is 0 Å². The second kappa shape index (κ2) is 6.52. The van der Waals surface area contributed by atoms with Crippen molar-refractivity contribution in [2.24, 2.45) is 5.92 Å². The summed E-state index contributed by atoms with van der Waals surface area (Å²) in [5.74, 6) is -0.134. The molecule has 0 aromatic heterocycles. The molecule has 0 spiro atoms. The second-order valence-electron chi connectivity index (χ2n) is 6.12. The van der Waals surface area contributed by atoms with Crippen LogP contribution >= 0.6 is 11.6 Å². The molecule has 1 aromatic rings. The first kappa shape index (κ1) is 15.7. The highest BCUT2D eigenvalue weighted by Crippen LogP contribution is 2.33. The van der Waals surface area contributed by atoms with Gasteiger partial charge in [0.2, 0.25) is 0 Å². The average Bonchev–Trinajstić information content (AvgIpc) is 3.32. The highest BCUT2D eigenvalue weighted by atomic mass is 35.5. The molecule has 1 aliphatic carbocycles. The first-order chi connectivity index (χ1) is 10.5. The summed E-state index contributed by atoms with van der Waals surface area (Å²) in [5.41, 5.74) is 0.342. The Morgan fingerprint density at radius 2 is 2.00 bits per heavy atom. The number of hydrogen-bond acceptors (Lipinski definition) is 3. The van der Waals surface area contributed by atoms with E-state index in [2.05, 4.69) is 4.90 Å². The van der Waals surface area contributed by atoms with Crippen molar-refractivity contribution >= 4 is 17.5 Å². The Hall–Kier alpha value is -1.17. The summed E-state index contributed by atoms with van der Waals surface area (Å²) in [6.45, 7) is 3.38. The van der Waals surface area contributed by atoms with Crippen LogP contribution in [0.1, 0.15) is 23.2 Å². The van der Waals surface area contributed by atoms with Gasteiger partial charge in [0.15, 0.2) is 0 Å². The molecule has 0 unspecified atom stereocenters. The molecule has 120 valence electrons. The number of carbonyl (C=O) groups excluding carboxylic acids is 1. The zero-order valence-electron chi connectivity index (χ0n) is 12.3. The van der Waals surface area contributed by atoms with E-state index in [-0.39, 0.29) is 17.0 Å². The number of hydrogen-bond donors (Lipinski definition) is 1. The number of rotatable bonds is 4. The Bertz CT molecular complexity index is 557. The number of β-amino-alcohol motifs (C(OH)–C–C–N with tert-alkyl or cyclic N) is 1. The molecule has 1 N–H and O–H groups in total. The normalized spacial score (nSPS) is 21.0. The van der Waals surface area contributed by atoms with E-state index < -0.39 is 5.82 Å². The molecular weight excluding hydrogens is 307 g/mol. The van der Waals surface area contributed by atoms with E-state index in [9.17, 15) is 14.3 Å². The lowest BCUT2D eigenvalue weighted by molar-refractivity contribution is 0.0489. The molecular formula is C16H20ClFN2O2. The maximum atomic E-state index is 13.1. The van der Waals surface area contributed by atoms with Gasteiger partial charge in [0, 0.05) is 32.7 Å². The van der Waals surface area contributed by atoms with Gasteiger partial charge in [-0.2, -0.15) is 0 Å². The van der Waals surface area contributed by atoms with Crippen molar-refractivity contribution in [1.29, 1.82) is 0 Å². The Morgan fingerprint density at radius 3 is 2.59 bits per heavy atom. The van der Waals surface area contributed by atoms with E-state index in [0.717, 1.165) is 32.0 Å². The molecule has 3 rings (SSSR count). The van der Waals surface area contributed by atoms with Gasteiger partial charge in [0.25, 0.3) is 5.91 Å². The summed E-state index contributed by atoms with van der Waals surface area (Å²) < 4.78 is 13.1. The first-order valence-electron chi connectivity index (χ1n) is 7.69. The molecule has 1 heterocycles. The Labute approximate surface area is 134 Å². The number of aliphatic hydroxyl groups excluding tert-OH is 1. The van der Waals surface area contributed by atoms with Crippen molar-refractivity contribution in [2.75, 3.05) is 32.7 Å². The van der Waals surface area contributed by atoms with Gasteiger partial charge in [-0.3, -0.25) is 9.69 Å². The standard InChI is InChI=1S/C16H20ClFN2O2/c17-14-9-12(18)3-4-13(14)16(22)20-7-5-19(6-8-20)10-15(21)11-1-2-11/h3-4,9,11,15,21H,1-2,5-8,10H2/t15-/m0/s1. The van der Waals surface area contributed by atoms with Crippen molar-refractivity contribution in [3.63, 3.8) is 0 Å². The predicted octanol–water partition coefficient (Wildman–Crippen LogP) is 2.01. The van der Waals surface area contributed by atoms with Gasteiger partial charge in [-0.15, -0.1) is 0 Å². The Balaban J connectivity index is 1.55. The molecule has 22 heavy (non-hydrogen) atoms. The molecule has 4 nitrogen and oxygen atoms in total. The van der Waals surface area contributed by atoms with E-state index >= 15 is 0 Å². The molecule has 6 heteroatoms. The minimum atomic E-state index is -0.444. The van der Waals surface area contributed by atoms with E-state index in [1.807, 2.05) is 0 Å². The Morgan fingerprint density at radius 1 is 1.32 bits per heavy atom. The molecule has 1 saturated carbocycles. The van der Waals surface area contributed by atoms with Crippen LogP contribution in [0.15, 0.2) is 18.2 Å². The molecule has 2 aliphatic rings. The van der Waals surface area contributed by atoms with E-state index in [4.69, 9.17) is 11.6 Å². The highest BCUT2D eigenvalue weighted by Gasteiger charge is 2.32. The summed E-state index contributed by atoms with van der Waals surface area (Å²) >= 11 is 5.95. The van der Waals surface area contributed by atoms with Crippen LogP contribution in [-0.4, -0.2) is 59.6 Å². The first-order valence-corrected chi connectivity index (χ1v) is 8.07. The minimum Gasteiger partial charge on any atom is -0.392 e. The number of benzene rings is 1. The molecule has 1 saturated heterocycles. The van der Waals surface area contributed by atoms with Gasteiger partial charge >= 0.3 is 0 Å². The summed E-state index contributed by atoms with van der Waals surface area (Å²) in [4.78, 5) is 16.4. The lowest BCUT2D eigenvalue weighted by Gasteiger charge is -2.35. The van der Waals surface area contributed by atoms with Crippen molar-refractivity contribution in [1.82, 2.24) is 9.80 Å². The minimum absolute atomic E-state index is 0.150. The SMILES string of the molecule is O=C(c1ccc(F)cc1Cl)N1CCN(C[C@H](O)C2CC2)CC1. The van der Waals surface area contributed by atoms with Gasteiger partial charge in [-0.05, 0) is 37.0 Å². The van der Waals surface area contributed by atoms with Gasteiger partial charge < -0.3 is 10.0 Å². The van der Waals surface area contributed by atoms with Crippen LogP contribution in [0.25, 0.3) is 0 Å². The largest absolute Gasteiger partial charge is 0.392 e. The van der Waals surface area contributed by atoms with Crippen LogP contribution in [0.3, 0.4) is 0 Å². The predicted molar refractivity (Wildman–Crippen MR) is 82.5 cm³/mol. The van der Waals surface area contributed by atoms with Crippen LogP contribution in [0.2, 0.25) is 5.02 Å². The van der Waals surface area contributed by atoms with Crippen molar-refractivity contribution < 1.29 is 14.3 Å². The number of amides is 1. The van der Waals surface area contributed by atoms with Gasteiger partial charge in [-0.1, -0.05) is 11.6 Å². The Kier molecular flexibility index (Phi) is 4.66. The lowest BCUT2D eigenvalue weighted by atomic mass is 10.1. The third-order valence-corrected chi connectivity index (χ3v) is 4.75. The zero-order chi connectivity index (χ0) is 15.7. The van der Waals surface area contributed by atoms with Gasteiger partial charge in [-0.25, -0.2) is 4.39 Å². The van der Waals surface area contributed by atoms with Crippen LogP contribution in [0.5, 0.6) is 0 Å². The fourth-order valence-corrected chi connectivity index (χ4v) is 3.11. The molecule has 1 aliphatic heterocycles. The molecule has 0 bridgehead atoms. The lowest BCUT2D eigenvalue weighted by Crippen LogP contribution is -2.50. The number of aliphatic hydroxyl groups is 1. The topological polar surface area (TPSA) is 43.8 Å². The third-order valence-electron chi connectivity index (χ3n) is 4.43. The number of halogens is 2. The summed E-state index contributed by atoms with van der Waals surface area (Å²) in [5, 5.41) is 10.1. The van der Waals surface area contributed by atoms with E-state index in [0.29, 0.717) is 31.1 Å². The molecule has 1 amide bonds. The van der Waals surface area contributed by atoms with Crippen LogP contribution in [0, 0.1) is 11.7 Å². The fourth-order valence-electron chi connectivity index (χ4n) is 2.86. The van der Waals surface area contributed by atoms with E-state index in [1.54, 1.807) is 4.90 Å². The summed E-state index contributed by atoms with van der Waals surface area (Å²) in [6, 6.07) is 3.85. The maximum Gasteiger partial charge on any atom is 0.255 e. The van der Waals surface area contributed by atoms with Gasteiger partial charge in [0.05, 0.1) is 16.7 Å². The quantitative estimate of drug-likeness (QED) is 0.920. The second-order valence-corrected chi connectivity index (χ2v) is 6.53. The molecule has 2 fully saturated rings. The molecule has 1 atom stereocenters. The van der Waals surface area contributed by atoms with Gasteiger partial charge in [0.1, 0.15) is 5.82 Å². The number of carbonyl (C=O) groups is 1. The average molecular weight is 327 g/mol. The van der Waals surface area contributed by atoms with Crippen molar-refractivity contribution in [2.45, 2.75) is 18.9 Å². The van der Waals surface area contributed by atoms with Crippen LogP contribution < -0.4 is 0 Å². The molecule has 0 radical (unpaired) electrons. The van der Waals surface area contributed by atoms with Crippen LogP contribution in [-0.2, 0) is 0 Å². The fraction of sp³-hybridized carbons (Fsp3) is 0.562. The monoisotopic (exact) mass is 326 g/mol. The van der Waals surface area contributed by atoms with Crippen LogP contribution in [0.4, 0.5) is 4.39 Å². The zero-order valence-corrected chi connectivity index (χ0v) is 13.1.